The molecule has 1 aliphatic heterocycles. The minimum Gasteiger partial charge on any atom is -0.476 e. The molecule has 10 heteroatoms. The van der Waals surface area contributed by atoms with Crippen molar-refractivity contribution < 1.29 is 24.2 Å². The largest absolute Gasteiger partial charge is 0.476 e. The number of aromatic carboxylic acids is 1. The zero-order valence-electron chi connectivity index (χ0n) is 21.7. The molecule has 3 heterocycles. The summed E-state index contributed by atoms with van der Waals surface area (Å²) in [6, 6.07) is 11.9. The number of nitrogens with zero attached hydrogens (tertiary/aromatic N) is 3. The Balaban J connectivity index is 1.19. The van der Waals surface area contributed by atoms with Crippen LogP contribution in [0.1, 0.15) is 40.0 Å². The molecule has 39 heavy (non-hydrogen) atoms. The Labute approximate surface area is 234 Å². The molecule has 0 aliphatic carbocycles. The van der Waals surface area contributed by atoms with Crippen LogP contribution in [-0.4, -0.2) is 61.4 Å². The first kappa shape index (κ1) is 27.1. The second-order valence-corrected chi connectivity index (χ2v) is 11.9. The van der Waals surface area contributed by atoms with Gasteiger partial charge in [-0.2, -0.15) is 0 Å². The summed E-state index contributed by atoms with van der Waals surface area (Å²) in [5.74, 6) is 0.217. The number of rotatable bonds is 10. The summed E-state index contributed by atoms with van der Waals surface area (Å²) < 4.78 is 6.73. The van der Waals surface area contributed by atoms with Gasteiger partial charge in [0.15, 0.2) is 15.6 Å². The number of hydrogen-bond donors (Lipinski definition) is 2. The number of aromatic nitrogens is 2. The van der Waals surface area contributed by atoms with Gasteiger partial charge in [-0.25, -0.2) is 14.8 Å². The molecule has 1 fully saturated rings. The van der Waals surface area contributed by atoms with Crippen molar-refractivity contribution in [2.24, 2.45) is 0 Å². The first-order valence-corrected chi connectivity index (χ1v) is 14.6. The number of carbonyl (C=O) groups excluding carboxylic acids is 1. The van der Waals surface area contributed by atoms with E-state index >= 15 is 0 Å². The smallest absolute Gasteiger partial charge is 0.355 e. The van der Waals surface area contributed by atoms with Gasteiger partial charge >= 0.3 is 5.97 Å². The number of thioether (sulfide) groups is 1. The van der Waals surface area contributed by atoms with Crippen LogP contribution in [0.4, 0.5) is 0 Å². The molecule has 5 rings (SSSR count). The molecular weight excluding hydrogens is 534 g/mol. The summed E-state index contributed by atoms with van der Waals surface area (Å²) >= 11 is 2.73. The van der Waals surface area contributed by atoms with Gasteiger partial charge in [-0.1, -0.05) is 42.1 Å². The van der Waals surface area contributed by atoms with E-state index in [9.17, 15) is 14.7 Å². The van der Waals surface area contributed by atoms with Crippen LogP contribution in [0.15, 0.2) is 62.7 Å². The molecule has 4 aromatic rings. The standard InChI is InChI=1S/C29H29N3O5S2/c1-17-12-18(2)26-23(13-17)30-27(37-26)20-5-3-4-19(14-20)15-22(33)8-6-21-7-9-25(34)32(21)10-11-38-29-31-24(16-39-29)28(35)36/h3-6,8,12-14,16,21-22,33H,7,9-11,15H2,1-2H3,(H,35,36)/t21-,22+/m0/s1. The summed E-state index contributed by atoms with van der Waals surface area (Å²) in [4.78, 5) is 34.0. The maximum absolute atomic E-state index is 12.4. The molecule has 1 saturated heterocycles. The molecule has 0 radical (unpaired) electrons. The van der Waals surface area contributed by atoms with Crippen molar-refractivity contribution in [3.63, 3.8) is 0 Å². The van der Waals surface area contributed by atoms with Crippen molar-refractivity contribution in [1.82, 2.24) is 14.9 Å². The molecule has 202 valence electrons. The van der Waals surface area contributed by atoms with Crippen molar-refractivity contribution in [2.45, 2.75) is 49.6 Å². The lowest BCUT2D eigenvalue weighted by Gasteiger charge is -2.22. The number of carboxylic acid groups (broad SMARTS) is 1. The molecule has 2 atom stereocenters. The number of amides is 1. The highest BCUT2D eigenvalue weighted by Gasteiger charge is 2.29. The maximum atomic E-state index is 12.4. The number of hydrogen-bond acceptors (Lipinski definition) is 8. The second kappa shape index (κ2) is 11.7. The van der Waals surface area contributed by atoms with E-state index in [1.807, 2.05) is 55.2 Å². The van der Waals surface area contributed by atoms with Crippen LogP contribution in [0.5, 0.6) is 0 Å². The summed E-state index contributed by atoms with van der Waals surface area (Å²) in [6.45, 7) is 4.58. The van der Waals surface area contributed by atoms with Gasteiger partial charge in [0.05, 0.1) is 12.1 Å². The number of oxazole rings is 1. The summed E-state index contributed by atoms with van der Waals surface area (Å²) in [6.07, 6.45) is 4.59. The van der Waals surface area contributed by atoms with E-state index in [1.165, 1.54) is 28.5 Å². The van der Waals surface area contributed by atoms with E-state index in [0.717, 1.165) is 33.4 Å². The zero-order chi connectivity index (χ0) is 27.5. The highest BCUT2D eigenvalue weighted by atomic mass is 32.2. The maximum Gasteiger partial charge on any atom is 0.355 e. The van der Waals surface area contributed by atoms with Crippen LogP contribution < -0.4 is 0 Å². The van der Waals surface area contributed by atoms with Gasteiger partial charge < -0.3 is 19.5 Å². The molecule has 0 spiro atoms. The van der Waals surface area contributed by atoms with Gasteiger partial charge in [0.2, 0.25) is 11.8 Å². The van der Waals surface area contributed by atoms with Crippen molar-refractivity contribution in [1.29, 1.82) is 0 Å². The fourth-order valence-electron chi connectivity index (χ4n) is 4.80. The van der Waals surface area contributed by atoms with Gasteiger partial charge in [0, 0.05) is 36.1 Å². The number of thiazole rings is 1. The Bertz CT molecular complexity index is 1540. The van der Waals surface area contributed by atoms with Crippen molar-refractivity contribution in [2.75, 3.05) is 12.3 Å². The van der Waals surface area contributed by atoms with Crippen LogP contribution in [-0.2, 0) is 11.2 Å². The Morgan fingerprint density at radius 3 is 2.92 bits per heavy atom. The Hall–Kier alpha value is -3.47. The third kappa shape index (κ3) is 6.41. The first-order chi connectivity index (χ1) is 18.8. The molecular formula is C29H29N3O5S2. The number of likely N-dealkylation sites (tertiary alicyclic amines) is 1. The highest BCUT2D eigenvalue weighted by molar-refractivity contribution is 8.01. The SMILES string of the molecule is Cc1cc(C)c2oc(-c3cccc(C[C@H](O)C=C[C@H]4CCC(=O)N4CCSc4nc(C(=O)O)cs4)c3)nc2c1. The van der Waals surface area contributed by atoms with Crippen molar-refractivity contribution in [3.05, 3.63) is 76.3 Å². The quantitative estimate of drug-likeness (QED) is 0.192. The van der Waals surface area contributed by atoms with E-state index in [-0.39, 0.29) is 17.6 Å². The van der Waals surface area contributed by atoms with E-state index in [2.05, 4.69) is 16.0 Å². The number of carboxylic acids is 1. The average Bonchev–Trinajstić information content (AvgIpc) is 3.62. The fourth-order valence-corrected chi connectivity index (χ4v) is 6.61. The molecule has 2 aromatic heterocycles. The van der Waals surface area contributed by atoms with E-state index in [4.69, 9.17) is 9.52 Å². The lowest BCUT2D eigenvalue weighted by atomic mass is 10.0. The number of aliphatic hydroxyl groups is 1. The number of carbonyl (C=O) groups is 2. The normalized spacial score (nSPS) is 16.5. The topological polar surface area (TPSA) is 117 Å². The Kier molecular flexibility index (Phi) is 8.15. The van der Waals surface area contributed by atoms with Crippen LogP contribution in [0.25, 0.3) is 22.6 Å². The van der Waals surface area contributed by atoms with Gasteiger partial charge in [0.25, 0.3) is 0 Å². The van der Waals surface area contributed by atoms with Gasteiger partial charge in [-0.3, -0.25) is 4.79 Å². The fraction of sp³-hybridized carbons (Fsp3) is 0.310. The number of fused-ring (bicyclic) bond motifs is 1. The number of aryl methyl sites for hydroxylation is 2. The van der Waals surface area contributed by atoms with Gasteiger partial charge in [-0.15, -0.1) is 11.3 Å². The molecule has 0 bridgehead atoms. The monoisotopic (exact) mass is 563 g/mol. The second-order valence-electron chi connectivity index (χ2n) is 9.65. The molecule has 8 nitrogen and oxygen atoms in total. The number of aliphatic hydroxyl groups excluding tert-OH is 1. The Morgan fingerprint density at radius 2 is 2.13 bits per heavy atom. The van der Waals surface area contributed by atoms with Crippen LogP contribution in [0, 0.1) is 13.8 Å². The summed E-state index contributed by atoms with van der Waals surface area (Å²) in [5, 5.41) is 21.3. The van der Waals surface area contributed by atoms with Gasteiger partial charge in [-0.05, 0) is 55.2 Å². The van der Waals surface area contributed by atoms with Crippen molar-refractivity contribution in [3.8, 4) is 11.5 Å². The molecule has 2 aromatic carbocycles. The molecule has 1 aliphatic rings. The minimum absolute atomic E-state index is 0.0408. The molecule has 0 saturated carbocycles. The lowest BCUT2D eigenvalue weighted by molar-refractivity contribution is -0.128. The predicted octanol–water partition coefficient (Wildman–Crippen LogP) is 5.51. The van der Waals surface area contributed by atoms with Crippen LogP contribution in [0.3, 0.4) is 0 Å². The summed E-state index contributed by atoms with van der Waals surface area (Å²) in [5.41, 5.74) is 5.67. The van der Waals surface area contributed by atoms with E-state index in [0.29, 0.717) is 41.8 Å². The third-order valence-electron chi connectivity index (χ3n) is 6.63. The molecule has 1 amide bonds. The van der Waals surface area contributed by atoms with E-state index in [1.54, 1.807) is 6.08 Å². The minimum atomic E-state index is -1.04. The van der Waals surface area contributed by atoms with E-state index < -0.39 is 12.1 Å². The average molecular weight is 564 g/mol. The number of benzene rings is 2. The summed E-state index contributed by atoms with van der Waals surface area (Å²) in [7, 11) is 0. The van der Waals surface area contributed by atoms with Crippen LogP contribution >= 0.6 is 23.1 Å². The van der Waals surface area contributed by atoms with Crippen LogP contribution in [0.2, 0.25) is 0 Å². The lowest BCUT2D eigenvalue weighted by Crippen LogP contribution is -2.33. The predicted molar refractivity (Wildman–Crippen MR) is 152 cm³/mol. The molecule has 0 unspecified atom stereocenters. The third-order valence-corrected chi connectivity index (χ3v) is 8.63. The Morgan fingerprint density at radius 1 is 1.28 bits per heavy atom. The first-order valence-electron chi connectivity index (χ1n) is 12.7. The van der Waals surface area contributed by atoms with Gasteiger partial charge in [0.1, 0.15) is 5.52 Å². The zero-order valence-corrected chi connectivity index (χ0v) is 23.3. The van der Waals surface area contributed by atoms with Crippen molar-refractivity contribution >= 4 is 46.1 Å². The highest BCUT2D eigenvalue weighted by Crippen LogP contribution is 2.29. The molecule has 2 N–H and O–H groups in total.